The molecule has 2 amide bonds. The Hall–Kier alpha value is -2.21. The summed E-state index contributed by atoms with van der Waals surface area (Å²) in [6, 6.07) is 7.30. The smallest absolute Gasteiger partial charge is 0.251 e. The number of amides is 2. The van der Waals surface area contributed by atoms with Gasteiger partial charge < -0.3 is 10.6 Å². The number of anilines is 1. The van der Waals surface area contributed by atoms with Crippen molar-refractivity contribution < 1.29 is 9.59 Å². The number of nitrogens with one attached hydrogen (secondary N) is 2. The summed E-state index contributed by atoms with van der Waals surface area (Å²) in [5.41, 5.74) is 3.08. The van der Waals surface area contributed by atoms with Crippen LogP contribution < -0.4 is 10.6 Å². The highest BCUT2D eigenvalue weighted by molar-refractivity contribution is 7.14. The third-order valence-electron chi connectivity index (χ3n) is 7.06. The summed E-state index contributed by atoms with van der Waals surface area (Å²) in [7, 11) is 0. The van der Waals surface area contributed by atoms with Gasteiger partial charge in [-0.05, 0) is 75.3 Å². The number of hydrogen-bond donors (Lipinski definition) is 2. The van der Waals surface area contributed by atoms with Crippen LogP contribution in [0.1, 0.15) is 60.1 Å². The highest BCUT2D eigenvalue weighted by Crippen LogP contribution is 2.60. The van der Waals surface area contributed by atoms with E-state index in [0.717, 1.165) is 23.3 Å². The third-order valence-corrected chi connectivity index (χ3v) is 7.81. The summed E-state index contributed by atoms with van der Waals surface area (Å²) in [5, 5.41) is 8.33. The molecule has 0 unspecified atom stereocenters. The summed E-state index contributed by atoms with van der Waals surface area (Å²) < 4.78 is 0. The molecule has 152 valence electrons. The molecule has 5 nitrogen and oxygen atoms in total. The predicted molar refractivity (Wildman–Crippen MR) is 114 cm³/mol. The fourth-order valence-corrected chi connectivity index (χ4v) is 6.98. The Morgan fingerprint density at radius 2 is 1.69 bits per heavy atom. The average molecular weight is 410 g/mol. The molecule has 0 radical (unpaired) electrons. The molecule has 4 bridgehead atoms. The highest BCUT2D eigenvalue weighted by Gasteiger charge is 2.52. The Bertz CT molecular complexity index is 899. The largest absolute Gasteiger partial charge is 0.343 e. The molecule has 1 heterocycles. The lowest BCUT2D eigenvalue weighted by molar-refractivity contribution is -0.115. The summed E-state index contributed by atoms with van der Waals surface area (Å²) >= 11 is 1.50. The number of carbonyl (C=O) groups is 2. The van der Waals surface area contributed by atoms with E-state index in [1.54, 1.807) is 12.1 Å². The molecule has 6 rings (SSSR count). The number of benzene rings is 1. The van der Waals surface area contributed by atoms with Crippen LogP contribution in [-0.4, -0.2) is 23.3 Å². The molecule has 0 spiro atoms. The molecule has 4 aliphatic carbocycles. The van der Waals surface area contributed by atoms with E-state index in [1.165, 1.54) is 55.6 Å². The van der Waals surface area contributed by atoms with Crippen molar-refractivity contribution in [2.24, 2.45) is 17.8 Å². The number of thiazole rings is 1. The lowest BCUT2D eigenvalue weighted by atomic mass is 9.49. The lowest BCUT2D eigenvalue weighted by Gasteiger charge is -2.56. The monoisotopic (exact) mass is 409 g/mol. The van der Waals surface area contributed by atoms with Crippen LogP contribution in [0, 0.1) is 24.7 Å². The first kappa shape index (κ1) is 18.8. The van der Waals surface area contributed by atoms with Crippen molar-refractivity contribution in [3.05, 3.63) is 46.5 Å². The molecule has 4 saturated carbocycles. The summed E-state index contributed by atoms with van der Waals surface area (Å²) in [6.07, 6.45) is 8.03. The van der Waals surface area contributed by atoms with Gasteiger partial charge in [0.05, 0.1) is 12.2 Å². The van der Waals surface area contributed by atoms with E-state index < -0.39 is 0 Å². The van der Waals surface area contributed by atoms with Crippen LogP contribution in [-0.2, 0) is 10.2 Å². The van der Waals surface area contributed by atoms with Gasteiger partial charge >= 0.3 is 0 Å². The van der Waals surface area contributed by atoms with Crippen molar-refractivity contribution in [2.75, 3.05) is 11.9 Å². The fraction of sp³-hybridized carbons (Fsp3) is 0.522. The van der Waals surface area contributed by atoms with Gasteiger partial charge in [-0.25, -0.2) is 4.98 Å². The van der Waals surface area contributed by atoms with Crippen LogP contribution in [0.25, 0.3) is 0 Å². The number of aromatic nitrogens is 1. The van der Waals surface area contributed by atoms with Crippen molar-refractivity contribution in [3.8, 4) is 0 Å². The van der Waals surface area contributed by atoms with Gasteiger partial charge in [-0.15, -0.1) is 11.3 Å². The van der Waals surface area contributed by atoms with E-state index in [0.29, 0.717) is 10.7 Å². The molecule has 6 heteroatoms. The zero-order valence-electron chi connectivity index (χ0n) is 16.7. The molecule has 1 aromatic carbocycles. The van der Waals surface area contributed by atoms with Gasteiger partial charge in [0.15, 0.2) is 5.13 Å². The van der Waals surface area contributed by atoms with Crippen molar-refractivity contribution in [1.82, 2.24) is 10.3 Å². The maximum atomic E-state index is 12.3. The van der Waals surface area contributed by atoms with Crippen LogP contribution >= 0.6 is 11.3 Å². The maximum Gasteiger partial charge on any atom is 0.251 e. The van der Waals surface area contributed by atoms with E-state index in [-0.39, 0.29) is 23.8 Å². The predicted octanol–water partition coefficient (Wildman–Crippen LogP) is 4.29. The standard InChI is InChI=1S/C23H27N3O2S/c1-14-2-4-18(5-3-14)21(28)24-12-20(27)26-22-25-19(13-29-22)23-9-15-6-16(10-23)8-17(7-15)11-23/h2-5,13,15-17H,6-12H2,1H3,(H,24,28)(H,25,26,27). The van der Waals surface area contributed by atoms with Crippen molar-refractivity contribution in [3.63, 3.8) is 0 Å². The number of aryl methyl sites for hydroxylation is 1. The number of rotatable bonds is 5. The summed E-state index contributed by atoms with van der Waals surface area (Å²) in [5.74, 6) is 2.14. The van der Waals surface area contributed by atoms with Crippen LogP contribution in [0.4, 0.5) is 5.13 Å². The Balaban J connectivity index is 1.19. The minimum Gasteiger partial charge on any atom is -0.343 e. The first-order valence-electron chi connectivity index (χ1n) is 10.6. The minimum atomic E-state index is -0.242. The molecule has 2 aromatic rings. The van der Waals surface area contributed by atoms with Gasteiger partial charge in [0, 0.05) is 16.4 Å². The lowest BCUT2D eigenvalue weighted by Crippen LogP contribution is -2.48. The van der Waals surface area contributed by atoms with Crippen LogP contribution in [0.2, 0.25) is 0 Å². The second-order valence-electron chi connectivity index (χ2n) is 9.33. The van der Waals surface area contributed by atoms with E-state index in [4.69, 9.17) is 4.98 Å². The van der Waals surface area contributed by atoms with Gasteiger partial charge in [-0.3, -0.25) is 9.59 Å². The Morgan fingerprint density at radius 1 is 1.07 bits per heavy atom. The maximum absolute atomic E-state index is 12.3. The summed E-state index contributed by atoms with van der Waals surface area (Å²) in [4.78, 5) is 29.3. The Morgan fingerprint density at radius 3 is 2.31 bits per heavy atom. The normalized spacial score (nSPS) is 29.6. The molecular weight excluding hydrogens is 382 g/mol. The van der Waals surface area contributed by atoms with Gasteiger partial charge in [0.1, 0.15) is 0 Å². The third kappa shape index (κ3) is 3.70. The van der Waals surface area contributed by atoms with E-state index in [1.807, 2.05) is 19.1 Å². The number of hydrogen-bond acceptors (Lipinski definition) is 4. The first-order valence-corrected chi connectivity index (χ1v) is 11.5. The second kappa shape index (κ2) is 7.24. The minimum absolute atomic E-state index is 0.0566. The molecule has 2 N–H and O–H groups in total. The van der Waals surface area contributed by atoms with Crippen molar-refractivity contribution >= 4 is 28.3 Å². The van der Waals surface area contributed by atoms with E-state index in [9.17, 15) is 9.59 Å². The fourth-order valence-electron chi connectivity index (χ4n) is 6.13. The van der Waals surface area contributed by atoms with E-state index >= 15 is 0 Å². The zero-order valence-corrected chi connectivity index (χ0v) is 17.6. The van der Waals surface area contributed by atoms with Gasteiger partial charge in [0.25, 0.3) is 5.91 Å². The number of nitrogens with zero attached hydrogens (tertiary/aromatic N) is 1. The van der Waals surface area contributed by atoms with Gasteiger partial charge in [-0.1, -0.05) is 17.7 Å². The molecular formula is C23H27N3O2S. The second-order valence-corrected chi connectivity index (χ2v) is 10.2. The Labute approximate surface area is 175 Å². The van der Waals surface area contributed by atoms with Crippen molar-refractivity contribution in [2.45, 2.75) is 50.9 Å². The molecule has 29 heavy (non-hydrogen) atoms. The SMILES string of the molecule is Cc1ccc(C(=O)NCC(=O)Nc2nc(C34CC5CC(CC(C5)C3)C4)cs2)cc1. The molecule has 1 aromatic heterocycles. The summed E-state index contributed by atoms with van der Waals surface area (Å²) in [6.45, 7) is 1.92. The molecule has 4 fully saturated rings. The topological polar surface area (TPSA) is 71.1 Å². The first-order chi connectivity index (χ1) is 14.0. The molecule has 0 atom stereocenters. The van der Waals surface area contributed by atoms with Gasteiger partial charge in [-0.2, -0.15) is 0 Å². The quantitative estimate of drug-likeness (QED) is 0.774. The molecule has 0 aliphatic heterocycles. The van der Waals surface area contributed by atoms with Gasteiger partial charge in [0.2, 0.25) is 5.91 Å². The Kier molecular flexibility index (Phi) is 4.69. The highest BCUT2D eigenvalue weighted by atomic mass is 32.1. The van der Waals surface area contributed by atoms with E-state index in [2.05, 4.69) is 16.0 Å². The molecule has 4 aliphatic rings. The zero-order chi connectivity index (χ0) is 20.0. The average Bonchev–Trinajstić information content (AvgIpc) is 3.15. The van der Waals surface area contributed by atoms with Crippen LogP contribution in [0.3, 0.4) is 0 Å². The van der Waals surface area contributed by atoms with Crippen molar-refractivity contribution in [1.29, 1.82) is 0 Å². The molecule has 0 saturated heterocycles. The van der Waals surface area contributed by atoms with Crippen LogP contribution in [0.5, 0.6) is 0 Å². The van der Waals surface area contributed by atoms with Crippen LogP contribution in [0.15, 0.2) is 29.6 Å². The number of carbonyl (C=O) groups excluding carboxylic acids is 2.